The summed E-state index contributed by atoms with van der Waals surface area (Å²) in [4.78, 5) is 0. The van der Waals surface area contributed by atoms with Crippen LogP contribution in [0.25, 0.3) is 0 Å². The summed E-state index contributed by atoms with van der Waals surface area (Å²) >= 11 is 0. The van der Waals surface area contributed by atoms with Crippen molar-refractivity contribution in [3.8, 4) is 5.75 Å². The molecule has 2 nitrogen and oxygen atoms in total. The highest BCUT2D eigenvalue weighted by molar-refractivity contribution is 5.29. The van der Waals surface area contributed by atoms with E-state index in [1.165, 1.54) is 63.4 Å². The monoisotopic (exact) mass is 372 g/mol. The van der Waals surface area contributed by atoms with Crippen molar-refractivity contribution >= 4 is 0 Å². The third kappa shape index (κ3) is 5.98. The summed E-state index contributed by atoms with van der Waals surface area (Å²) in [5, 5.41) is 0. The third-order valence-corrected chi connectivity index (χ3v) is 6.96. The minimum Gasteiger partial charge on any atom is -0.465 e. The van der Waals surface area contributed by atoms with Crippen LogP contribution in [-0.2, 0) is 4.74 Å². The number of unbranched alkanes of at least 4 members (excludes halogenated alkanes) is 1. The Morgan fingerprint density at radius 2 is 1.70 bits per heavy atom. The highest BCUT2D eigenvalue weighted by atomic mass is 16.7. The van der Waals surface area contributed by atoms with Gasteiger partial charge in [0.25, 0.3) is 0 Å². The van der Waals surface area contributed by atoms with Crippen LogP contribution in [0.1, 0.15) is 103 Å². The lowest BCUT2D eigenvalue weighted by Gasteiger charge is -2.40. The Morgan fingerprint density at radius 1 is 0.963 bits per heavy atom. The van der Waals surface area contributed by atoms with Gasteiger partial charge in [-0.15, -0.1) is 0 Å². The van der Waals surface area contributed by atoms with Crippen LogP contribution in [0.15, 0.2) is 24.3 Å². The second-order valence-corrected chi connectivity index (χ2v) is 8.94. The molecule has 2 saturated carbocycles. The fraction of sp³-hybridized carbons (Fsp3) is 0.760. The Bertz CT molecular complexity index is 538. The average molecular weight is 373 g/mol. The Balaban J connectivity index is 1.56. The van der Waals surface area contributed by atoms with Gasteiger partial charge >= 0.3 is 0 Å². The topological polar surface area (TPSA) is 18.5 Å². The van der Waals surface area contributed by atoms with E-state index in [0.717, 1.165) is 30.4 Å². The summed E-state index contributed by atoms with van der Waals surface area (Å²) < 4.78 is 12.8. The fourth-order valence-electron chi connectivity index (χ4n) is 4.96. The second kappa shape index (κ2) is 10.5. The molecule has 0 aromatic heterocycles. The van der Waals surface area contributed by atoms with Gasteiger partial charge in [-0.05, 0) is 67.6 Å². The molecule has 152 valence electrons. The lowest BCUT2D eigenvalue weighted by atomic mass is 9.70. The standard InChI is InChI=1S/C25H40O2/c1-4-6-11-25(26-23-15-12-20(13-16-23)19(3)5-2)27-24-17-14-21-9-7-8-10-22(21)18-24/h12-13,15-16,19,21-22,24-25H,4-11,14,17-18H2,1-3H3. The molecule has 1 aromatic carbocycles. The van der Waals surface area contributed by atoms with Crippen LogP contribution in [0.4, 0.5) is 0 Å². The molecule has 0 heterocycles. The van der Waals surface area contributed by atoms with Crippen LogP contribution in [-0.4, -0.2) is 12.4 Å². The average Bonchev–Trinajstić information content (AvgIpc) is 2.72. The number of rotatable bonds is 9. The summed E-state index contributed by atoms with van der Waals surface area (Å²) in [6.07, 6.45) is 14.4. The van der Waals surface area contributed by atoms with Gasteiger partial charge in [0.2, 0.25) is 0 Å². The molecule has 1 aromatic rings. The highest BCUT2D eigenvalue weighted by Crippen LogP contribution is 2.41. The molecule has 0 spiro atoms. The normalized spacial score (nSPS) is 27.6. The van der Waals surface area contributed by atoms with E-state index in [0.29, 0.717) is 12.0 Å². The summed E-state index contributed by atoms with van der Waals surface area (Å²) in [7, 11) is 0. The summed E-state index contributed by atoms with van der Waals surface area (Å²) in [5.74, 6) is 3.44. The quantitative estimate of drug-likeness (QED) is 0.418. The minimum absolute atomic E-state index is 0.0930. The molecule has 3 rings (SSSR count). The Kier molecular flexibility index (Phi) is 8.06. The van der Waals surface area contributed by atoms with Gasteiger partial charge in [0.15, 0.2) is 6.29 Å². The summed E-state index contributed by atoms with van der Waals surface area (Å²) in [5.41, 5.74) is 1.39. The van der Waals surface area contributed by atoms with Crippen molar-refractivity contribution < 1.29 is 9.47 Å². The summed E-state index contributed by atoms with van der Waals surface area (Å²) in [6, 6.07) is 8.69. The van der Waals surface area contributed by atoms with Gasteiger partial charge in [-0.1, -0.05) is 65.0 Å². The van der Waals surface area contributed by atoms with Gasteiger partial charge < -0.3 is 9.47 Å². The number of ether oxygens (including phenoxy) is 2. The van der Waals surface area contributed by atoms with E-state index < -0.39 is 0 Å². The molecular weight excluding hydrogens is 332 g/mol. The molecule has 2 aliphatic carbocycles. The van der Waals surface area contributed by atoms with Crippen LogP contribution < -0.4 is 4.74 Å². The van der Waals surface area contributed by atoms with Gasteiger partial charge in [-0.3, -0.25) is 0 Å². The zero-order valence-electron chi connectivity index (χ0n) is 17.8. The first-order valence-corrected chi connectivity index (χ1v) is 11.6. The minimum atomic E-state index is -0.0930. The van der Waals surface area contributed by atoms with Gasteiger partial charge in [0.1, 0.15) is 5.75 Å². The molecule has 0 N–H and O–H groups in total. The van der Waals surface area contributed by atoms with Crippen molar-refractivity contribution in [2.75, 3.05) is 0 Å². The van der Waals surface area contributed by atoms with Crippen molar-refractivity contribution in [2.45, 2.75) is 110 Å². The van der Waals surface area contributed by atoms with E-state index in [-0.39, 0.29) is 6.29 Å². The zero-order chi connectivity index (χ0) is 19.1. The predicted octanol–water partition coefficient (Wildman–Crippen LogP) is 7.47. The van der Waals surface area contributed by atoms with Crippen molar-refractivity contribution in [1.82, 2.24) is 0 Å². The lowest BCUT2D eigenvalue weighted by Crippen LogP contribution is -2.35. The van der Waals surface area contributed by atoms with Crippen LogP contribution in [0, 0.1) is 11.8 Å². The number of hydrogen-bond donors (Lipinski definition) is 0. The molecule has 0 radical (unpaired) electrons. The van der Waals surface area contributed by atoms with Gasteiger partial charge in [-0.2, -0.15) is 0 Å². The zero-order valence-corrected chi connectivity index (χ0v) is 17.8. The molecule has 0 amide bonds. The Hall–Kier alpha value is -1.02. The fourth-order valence-corrected chi connectivity index (χ4v) is 4.96. The maximum Gasteiger partial charge on any atom is 0.200 e. The Morgan fingerprint density at radius 3 is 2.41 bits per heavy atom. The number of fused-ring (bicyclic) bond motifs is 1. The number of hydrogen-bond acceptors (Lipinski definition) is 2. The summed E-state index contributed by atoms with van der Waals surface area (Å²) in [6.45, 7) is 6.76. The van der Waals surface area contributed by atoms with Gasteiger partial charge in [0, 0.05) is 6.42 Å². The van der Waals surface area contributed by atoms with Crippen molar-refractivity contribution in [2.24, 2.45) is 11.8 Å². The highest BCUT2D eigenvalue weighted by Gasteiger charge is 2.33. The maximum absolute atomic E-state index is 6.52. The molecule has 0 bridgehead atoms. The molecule has 5 unspecified atom stereocenters. The first kappa shape index (κ1) is 20.7. The van der Waals surface area contributed by atoms with Gasteiger partial charge in [0.05, 0.1) is 6.10 Å². The molecule has 0 saturated heterocycles. The van der Waals surface area contributed by atoms with E-state index in [2.05, 4.69) is 45.0 Å². The lowest BCUT2D eigenvalue weighted by molar-refractivity contribution is -0.143. The largest absolute Gasteiger partial charge is 0.465 e. The van der Waals surface area contributed by atoms with Crippen molar-refractivity contribution in [3.05, 3.63) is 29.8 Å². The first-order chi connectivity index (χ1) is 13.2. The van der Waals surface area contributed by atoms with E-state index in [1.54, 1.807) is 0 Å². The molecule has 5 atom stereocenters. The second-order valence-electron chi connectivity index (χ2n) is 8.94. The van der Waals surface area contributed by atoms with Crippen LogP contribution in [0.3, 0.4) is 0 Å². The van der Waals surface area contributed by atoms with Gasteiger partial charge in [-0.25, -0.2) is 0 Å². The van der Waals surface area contributed by atoms with Crippen molar-refractivity contribution in [1.29, 1.82) is 0 Å². The van der Waals surface area contributed by atoms with E-state index in [9.17, 15) is 0 Å². The first-order valence-electron chi connectivity index (χ1n) is 11.6. The molecule has 27 heavy (non-hydrogen) atoms. The molecule has 2 aliphatic rings. The predicted molar refractivity (Wildman–Crippen MR) is 113 cm³/mol. The van der Waals surface area contributed by atoms with Crippen LogP contribution >= 0.6 is 0 Å². The third-order valence-electron chi connectivity index (χ3n) is 6.96. The molecule has 0 aliphatic heterocycles. The smallest absolute Gasteiger partial charge is 0.200 e. The molecule has 2 heteroatoms. The number of benzene rings is 1. The Labute approximate surface area is 167 Å². The van der Waals surface area contributed by atoms with Crippen molar-refractivity contribution in [3.63, 3.8) is 0 Å². The van der Waals surface area contributed by atoms with E-state index in [4.69, 9.17) is 9.47 Å². The SMILES string of the molecule is CCCCC(Oc1ccc(C(C)CC)cc1)OC1CCC2CCCCC2C1. The molecular formula is C25H40O2. The van der Waals surface area contributed by atoms with E-state index in [1.807, 2.05) is 0 Å². The van der Waals surface area contributed by atoms with Crippen LogP contribution in [0.2, 0.25) is 0 Å². The maximum atomic E-state index is 6.52. The molecule has 2 fully saturated rings. The van der Waals surface area contributed by atoms with Crippen LogP contribution in [0.5, 0.6) is 5.75 Å². The van der Waals surface area contributed by atoms with E-state index >= 15 is 0 Å².